The van der Waals surface area contributed by atoms with Gasteiger partial charge in [-0.05, 0) is 37.5 Å². The molecule has 2 fully saturated rings. The number of halogens is 2. The Kier molecular flexibility index (Phi) is 9.13. The van der Waals surface area contributed by atoms with E-state index in [-0.39, 0.29) is 54.5 Å². The summed E-state index contributed by atoms with van der Waals surface area (Å²) in [6, 6.07) is 6.86. The normalized spacial score (nSPS) is 22.9. The van der Waals surface area contributed by atoms with Crippen molar-refractivity contribution < 1.29 is 13.9 Å². The monoisotopic (exact) mass is 518 g/mol. The highest BCUT2D eigenvalue weighted by Crippen LogP contribution is 2.26. The quantitative estimate of drug-likeness (QED) is 0.378. The van der Waals surface area contributed by atoms with Crippen LogP contribution in [0.3, 0.4) is 0 Å². The molecular weight excluding hydrogens is 486 g/mol. The number of rotatable bonds is 4. The summed E-state index contributed by atoms with van der Waals surface area (Å²) in [4.78, 5) is 20.4. The number of morpholine rings is 1. The average Bonchev–Trinajstić information content (AvgIpc) is 3.18. The fourth-order valence-corrected chi connectivity index (χ4v) is 3.76. The average molecular weight is 518 g/mol. The van der Waals surface area contributed by atoms with E-state index in [4.69, 9.17) is 4.74 Å². The number of amides is 1. The number of ether oxygens (including phenoxy) is 1. The first-order valence-corrected chi connectivity index (χ1v) is 10.1. The SMILES string of the molecule is CC1CN(C(=NCC(=O)N(C)C)NC2CCCC2)CC(c2ccc(F)cc2)O1.I. The van der Waals surface area contributed by atoms with Crippen LogP contribution in [0.4, 0.5) is 4.39 Å². The first kappa shape index (κ1) is 23.9. The van der Waals surface area contributed by atoms with Gasteiger partial charge in [0.15, 0.2) is 5.96 Å². The van der Waals surface area contributed by atoms with Crippen molar-refractivity contribution in [2.75, 3.05) is 33.7 Å². The molecule has 0 spiro atoms. The number of nitrogens with zero attached hydrogens (tertiary/aromatic N) is 3. The van der Waals surface area contributed by atoms with Gasteiger partial charge in [-0.3, -0.25) is 4.79 Å². The van der Waals surface area contributed by atoms with Gasteiger partial charge >= 0.3 is 0 Å². The molecule has 1 saturated heterocycles. The second kappa shape index (κ2) is 11.1. The van der Waals surface area contributed by atoms with Crippen molar-refractivity contribution in [2.24, 2.45) is 4.99 Å². The van der Waals surface area contributed by atoms with Crippen molar-refractivity contribution in [3.8, 4) is 0 Å². The maximum absolute atomic E-state index is 13.3. The van der Waals surface area contributed by atoms with E-state index in [1.54, 1.807) is 31.1 Å². The molecule has 1 N–H and O–H groups in total. The van der Waals surface area contributed by atoms with Gasteiger partial charge in [-0.15, -0.1) is 24.0 Å². The van der Waals surface area contributed by atoms with Crippen LogP contribution < -0.4 is 5.32 Å². The van der Waals surface area contributed by atoms with E-state index in [0.29, 0.717) is 19.1 Å². The Bertz CT molecular complexity index is 692. The number of carbonyl (C=O) groups is 1. The molecule has 1 aromatic carbocycles. The molecule has 8 heteroatoms. The van der Waals surface area contributed by atoms with Crippen LogP contribution in [0.5, 0.6) is 0 Å². The molecule has 6 nitrogen and oxygen atoms in total. The van der Waals surface area contributed by atoms with Crippen molar-refractivity contribution in [1.29, 1.82) is 0 Å². The summed E-state index contributed by atoms with van der Waals surface area (Å²) >= 11 is 0. The number of aliphatic imine (C=N–C) groups is 1. The smallest absolute Gasteiger partial charge is 0.243 e. The number of guanidine groups is 1. The van der Waals surface area contributed by atoms with Gasteiger partial charge in [0.25, 0.3) is 0 Å². The molecule has 0 radical (unpaired) electrons. The van der Waals surface area contributed by atoms with Crippen LogP contribution in [0.15, 0.2) is 29.3 Å². The van der Waals surface area contributed by atoms with E-state index in [1.165, 1.54) is 25.0 Å². The number of nitrogens with one attached hydrogen (secondary N) is 1. The highest BCUT2D eigenvalue weighted by Gasteiger charge is 2.30. The van der Waals surface area contributed by atoms with E-state index in [2.05, 4.69) is 15.2 Å². The maximum atomic E-state index is 13.3. The minimum Gasteiger partial charge on any atom is -0.367 e. The summed E-state index contributed by atoms with van der Waals surface area (Å²) < 4.78 is 19.4. The topological polar surface area (TPSA) is 57.2 Å². The minimum atomic E-state index is -0.253. The highest BCUT2D eigenvalue weighted by molar-refractivity contribution is 14.0. The Balaban J connectivity index is 0.00000300. The fourth-order valence-electron chi connectivity index (χ4n) is 3.76. The van der Waals surface area contributed by atoms with Crippen LogP contribution in [-0.2, 0) is 9.53 Å². The van der Waals surface area contributed by atoms with E-state index in [9.17, 15) is 9.18 Å². The lowest BCUT2D eigenvalue weighted by atomic mass is 10.1. The largest absolute Gasteiger partial charge is 0.367 e. The standard InChI is InChI=1S/C21H31FN4O2.HI/c1-15-13-26(14-19(28-15)16-8-10-17(22)11-9-16)21(23-12-20(27)25(2)3)24-18-6-4-5-7-18;/h8-11,15,18-19H,4-7,12-14H2,1-3H3,(H,23,24);1H. The Morgan fingerprint density at radius 2 is 1.90 bits per heavy atom. The Hall–Kier alpha value is -1.42. The predicted molar refractivity (Wildman–Crippen MR) is 123 cm³/mol. The third-order valence-corrected chi connectivity index (χ3v) is 5.35. The molecule has 3 rings (SSSR count). The Morgan fingerprint density at radius 1 is 1.24 bits per heavy atom. The number of likely N-dealkylation sites (N-methyl/N-ethyl adjacent to an activating group) is 1. The summed E-state index contributed by atoms with van der Waals surface area (Å²) in [5.74, 6) is 0.489. The molecular formula is C21H32FIN4O2. The number of carbonyl (C=O) groups excluding carboxylic acids is 1. The fraction of sp³-hybridized carbons (Fsp3) is 0.619. The molecule has 1 aliphatic carbocycles. The highest BCUT2D eigenvalue weighted by atomic mass is 127. The zero-order valence-corrected chi connectivity index (χ0v) is 19.8. The van der Waals surface area contributed by atoms with Gasteiger partial charge in [-0.2, -0.15) is 0 Å². The van der Waals surface area contributed by atoms with Gasteiger partial charge in [-0.1, -0.05) is 25.0 Å². The summed E-state index contributed by atoms with van der Waals surface area (Å²) in [5.41, 5.74) is 0.947. The minimum absolute atomic E-state index is 0. The van der Waals surface area contributed by atoms with Crippen LogP contribution >= 0.6 is 24.0 Å². The molecule has 2 aliphatic rings. The van der Waals surface area contributed by atoms with Crippen LogP contribution in [0, 0.1) is 5.82 Å². The second-order valence-electron chi connectivity index (χ2n) is 7.95. The molecule has 1 saturated carbocycles. The molecule has 1 amide bonds. The molecule has 2 atom stereocenters. The zero-order chi connectivity index (χ0) is 20.1. The lowest BCUT2D eigenvalue weighted by Crippen LogP contribution is -2.52. The van der Waals surface area contributed by atoms with Gasteiger partial charge < -0.3 is 19.9 Å². The Labute approximate surface area is 189 Å². The van der Waals surface area contributed by atoms with E-state index in [1.807, 2.05) is 6.92 Å². The summed E-state index contributed by atoms with van der Waals surface area (Å²) in [6.07, 6.45) is 4.54. The Morgan fingerprint density at radius 3 is 2.52 bits per heavy atom. The van der Waals surface area contributed by atoms with Gasteiger partial charge in [0.2, 0.25) is 5.91 Å². The van der Waals surface area contributed by atoms with E-state index >= 15 is 0 Å². The summed E-state index contributed by atoms with van der Waals surface area (Å²) in [6.45, 7) is 3.47. The summed E-state index contributed by atoms with van der Waals surface area (Å²) in [5, 5.41) is 3.57. The van der Waals surface area contributed by atoms with Crippen molar-refractivity contribution >= 4 is 35.8 Å². The van der Waals surface area contributed by atoms with Crippen molar-refractivity contribution in [3.05, 3.63) is 35.6 Å². The van der Waals surface area contributed by atoms with Gasteiger partial charge in [-0.25, -0.2) is 9.38 Å². The third kappa shape index (κ3) is 6.80. The van der Waals surface area contributed by atoms with Crippen LogP contribution in [0.2, 0.25) is 0 Å². The third-order valence-electron chi connectivity index (χ3n) is 5.35. The first-order valence-electron chi connectivity index (χ1n) is 10.1. The number of benzene rings is 1. The molecule has 1 aromatic rings. The molecule has 162 valence electrons. The van der Waals surface area contributed by atoms with Crippen molar-refractivity contribution in [3.63, 3.8) is 0 Å². The lowest BCUT2D eigenvalue weighted by Gasteiger charge is -2.39. The number of hydrogen-bond donors (Lipinski definition) is 1. The van der Waals surface area contributed by atoms with Gasteiger partial charge in [0.1, 0.15) is 18.5 Å². The lowest BCUT2D eigenvalue weighted by molar-refractivity contribution is -0.127. The maximum Gasteiger partial charge on any atom is 0.243 e. The van der Waals surface area contributed by atoms with E-state index < -0.39 is 0 Å². The summed E-state index contributed by atoms with van der Waals surface area (Å²) in [7, 11) is 3.48. The van der Waals surface area contributed by atoms with Crippen LogP contribution in [0.1, 0.15) is 44.3 Å². The predicted octanol–water partition coefficient (Wildman–Crippen LogP) is 3.18. The molecule has 1 aliphatic heterocycles. The molecule has 1 heterocycles. The zero-order valence-electron chi connectivity index (χ0n) is 17.4. The second-order valence-corrected chi connectivity index (χ2v) is 7.95. The molecule has 0 bridgehead atoms. The molecule has 0 aromatic heterocycles. The van der Waals surface area contributed by atoms with E-state index in [0.717, 1.165) is 24.4 Å². The van der Waals surface area contributed by atoms with Crippen LogP contribution in [-0.4, -0.2) is 67.5 Å². The van der Waals surface area contributed by atoms with Gasteiger partial charge in [0.05, 0.1) is 12.6 Å². The van der Waals surface area contributed by atoms with Gasteiger partial charge in [0, 0.05) is 26.7 Å². The van der Waals surface area contributed by atoms with Crippen molar-refractivity contribution in [1.82, 2.24) is 15.1 Å². The molecule has 29 heavy (non-hydrogen) atoms. The van der Waals surface area contributed by atoms with Crippen LogP contribution in [0.25, 0.3) is 0 Å². The van der Waals surface area contributed by atoms with Crippen molar-refractivity contribution in [2.45, 2.75) is 50.9 Å². The molecule has 2 unspecified atom stereocenters. The number of hydrogen-bond acceptors (Lipinski definition) is 3. The first-order chi connectivity index (χ1) is 13.4.